The normalized spacial score (nSPS) is 10.0. The molecule has 3 aromatic rings. The van der Waals surface area contributed by atoms with Crippen LogP contribution in [-0.2, 0) is 0 Å². The number of hydrogen-bond acceptors (Lipinski definition) is 7. The summed E-state index contributed by atoms with van der Waals surface area (Å²) in [5.74, 6) is 1.98. The Hall–Kier alpha value is -3.66. The zero-order valence-corrected chi connectivity index (χ0v) is 12.9. The van der Waals surface area contributed by atoms with E-state index in [-0.39, 0.29) is 5.95 Å². The van der Waals surface area contributed by atoms with Crippen LogP contribution in [0.15, 0.2) is 48.7 Å². The Balaban J connectivity index is 1.80. The number of rotatable bonds is 4. The Morgan fingerprint density at radius 1 is 1.12 bits per heavy atom. The molecule has 0 radical (unpaired) electrons. The molecule has 1 aromatic carbocycles. The number of aromatic nitrogens is 3. The molecule has 0 amide bonds. The number of nitriles is 1. The van der Waals surface area contributed by atoms with Gasteiger partial charge >= 0.3 is 0 Å². The smallest absolute Gasteiger partial charge is 0.222 e. The molecule has 0 aliphatic carbocycles. The number of aryl methyl sites for hydroxylation is 1. The number of nitrogens with zero attached hydrogens (tertiary/aromatic N) is 4. The van der Waals surface area contributed by atoms with Crippen molar-refractivity contribution in [3.63, 3.8) is 0 Å². The van der Waals surface area contributed by atoms with E-state index < -0.39 is 0 Å². The predicted molar refractivity (Wildman–Crippen MR) is 89.9 cm³/mol. The summed E-state index contributed by atoms with van der Waals surface area (Å²) in [4.78, 5) is 12.1. The molecule has 0 bridgehead atoms. The largest absolute Gasteiger partial charge is 0.457 e. The van der Waals surface area contributed by atoms with Gasteiger partial charge in [0.05, 0.1) is 0 Å². The molecule has 0 saturated heterocycles. The van der Waals surface area contributed by atoms with Crippen LogP contribution in [0.25, 0.3) is 0 Å². The van der Waals surface area contributed by atoms with Crippen molar-refractivity contribution >= 4 is 17.5 Å². The summed E-state index contributed by atoms with van der Waals surface area (Å²) in [6.45, 7) is 1.85. The van der Waals surface area contributed by atoms with E-state index in [9.17, 15) is 0 Å². The first kappa shape index (κ1) is 15.2. The number of hydrogen-bond donors (Lipinski definition) is 2. The fraction of sp³-hybridized carbons (Fsp3) is 0.0588. The second kappa shape index (κ2) is 6.62. The average molecular weight is 318 g/mol. The highest BCUT2D eigenvalue weighted by Crippen LogP contribution is 2.25. The highest BCUT2D eigenvalue weighted by atomic mass is 16.5. The summed E-state index contributed by atoms with van der Waals surface area (Å²) in [5, 5.41) is 12.0. The number of benzene rings is 1. The van der Waals surface area contributed by atoms with Gasteiger partial charge in [0.2, 0.25) is 5.95 Å². The van der Waals surface area contributed by atoms with Crippen molar-refractivity contribution in [3.05, 3.63) is 60.0 Å². The number of pyridine rings is 1. The Morgan fingerprint density at radius 2 is 1.96 bits per heavy atom. The number of ether oxygens (including phenoxy) is 1. The Labute approximate surface area is 138 Å². The third-order valence-electron chi connectivity index (χ3n) is 3.06. The molecule has 0 atom stereocenters. The van der Waals surface area contributed by atoms with Crippen molar-refractivity contribution < 1.29 is 4.74 Å². The van der Waals surface area contributed by atoms with Gasteiger partial charge in [-0.05, 0) is 25.1 Å². The van der Waals surface area contributed by atoms with Crippen LogP contribution in [0.1, 0.15) is 11.4 Å². The number of nitrogen functional groups attached to an aromatic ring is 1. The Bertz CT molecular complexity index is 899. The van der Waals surface area contributed by atoms with Crippen LogP contribution in [-0.4, -0.2) is 15.0 Å². The van der Waals surface area contributed by atoms with Gasteiger partial charge in [0, 0.05) is 35.8 Å². The number of anilines is 3. The van der Waals surface area contributed by atoms with E-state index in [0.29, 0.717) is 23.0 Å². The lowest BCUT2D eigenvalue weighted by Gasteiger charge is -2.10. The maximum Gasteiger partial charge on any atom is 0.222 e. The number of nitrogens with one attached hydrogen (secondary N) is 1. The van der Waals surface area contributed by atoms with Crippen LogP contribution < -0.4 is 15.8 Å². The lowest BCUT2D eigenvalue weighted by atomic mass is 10.3. The fourth-order valence-electron chi connectivity index (χ4n) is 2.11. The van der Waals surface area contributed by atoms with Crippen molar-refractivity contribution in [2.24, 2.45) is 0 Å². The molecule has 3 rings (SSSR count). The summed E-state index contributed by atoms with van der Waals surface area (Å²) >= 11 is 0. The van der Waals surface area contributed by atoms with Crippen LogP contribution in [0.5, 0.6) is 11.5 Å². The van der Waals surface area contributed by atoms with Gasteiger partial charge in [-0.15, -0.1) is 0 Å². The van der Waals surface area contributed by atoms with Gasteiger partial charge in [0.1, 0.15) is 29.1 Å². The minimum Gasteiger partial charge on any atom is -0.457 e. The maximum absolute atomic E-state index is 8.88. The van der Waals surface area contributed by atoms with Crippen molar-refractivity contribution in [1.82, 2.24) is 15.0 Å². The third-order valence-corrected chi connectivity index (χ3v) is 3.06. The van der Waals surface area contributed by atoms with E-state index in [1.807, 2.05) is 37.3 Å². The highest BCUT2D eigenvalue weighted by Gasteiger charge is 2.03. The molecule has 3 N–H and O–H groups in total. The lowest BCUT2D eigenvalue weighted by molar-refractivity contribution is 0.482. The van der Waals surface area contributed by atoms with Crippen molar-refractivity contribution in [2.75, 3.05) is 11.1 Å². The van der Waals surface area contributed by atoms with E-state index in [0.717, 1.165) is 11.4 Å². The maximum atomic E-state index is 8.88. The average Bonchev–Trinajstić information content (AvgIpc) is 2.54. The lowest BCUT2D eigenvalue weighted by Crippen LogP contribution is -2.01. The quantitative estimate of drug-likeness (QED) is 0.760. The molecule has 2 heterocycles. The Kier molecular flexibility index (Phi) is 4.21. The third kappa shape index (κ3) is 3.75. The molecule has 2 aromatic heterocycles. The fourth-order valence-corrected chi connectivity index (χ4v) is 2.11. The van der Waals surface area contributed by atoms with Crippen LogP contribution in [0, 0.1) is 18.3 Å². The first-order valence-corrected chi connectivity index (χ1v) is 7.14. The minimum absolute atomic E-state index is 0.214. The van der Waals surface area contributed by atoms with Crippen LogP contribution in [0.4, 0.5) is 17.5 Å². The van der Waals surface area contributed by atoms with E-state index in [2.05, 4.69) is 20.3 Å². The molecule has 7 heteroatoms. The van der Waals surface area contributed by atoms with Gasteiger partial charge in [-0.1, -0.05) is 6.07 Å². The van der Waals surface area contributed by atoms with Crippen LogP contribution in [0.3, 0.4) is 0 Å². The van der Waals surface area contributed by atoms with Crippen molar-refractivity contribution in [2.45, 2.75) is 6.92 Å². The summed E-state index contributed by atoms with van der Waals surface area (Å²) in [7, 11) is 0. The van der Waals surface area contributed by atoms with Gasteiger partial charge in [-0.2, -0.15) is 10.2 Å². The Morgan fingerprint density at radius 3 is 2.75 bits per heavy atom. The standard InChI is InChI=1S/C17H14N6O/c1-11-7-16(23-17(19)21-11)22-12-3-2-4-14(8-12)24-15-5-6-20-13(9-15)10-18/h2-9H,1H3,(H3,19,21,22,23). The van der Waals surface area contributed by atoms with Gasteiger partial charge in [0.25, 0.3) is 0 Å². The summed E-state index contributed by atoms with van der Waals surface area (Å²) in [6, 6.07) is 14.4. The van der Waals surface area contributed by atoms with E-state index in [1.165, 1.54) is 6.20 Å². The summed E-state index contributed by atoms with van der Waals surface area (Å²) in [6.07, 6.45) is 1.53. The molecule has 24 heavy (non-hydrogen) atoms. The van der Waals surface area contributed by atoms with Gasteiger partial charge in [-0.25, -0.2) is 9.97 Å². The molecule has 7 nitrogen and oxygen atoms in total. The first-order valence-electron chi connectivity index (χ1n) is 7.14. The predicted octanol–water partition coefficient (Wildman–Crippen LogP) is 3.17. The zero-order valence-electron chi connectivity index (χ0n) is 12.9. The zero-order chi connectivity index (χ0) is 16.9. The molecule has 0 spiro atoms. The van der Waals surface area contributed by atoms with Gasteiger partial charge in [-0.3, -0.25) is 0 Å². The molecular weight excluding hydrogens is 304 g/mol. The van der Waals surface area contributed by atoms with E-state index in [1.54, 1.807) is 18.2 Å². The van der Waals surface area contributed by atoms with Crippen LogP contribution in [0.2, 0.25) is 0 Å². The van der Waals surface area contributed by atoms with Crippen molar-refractivity contribution in [1.29, 1.82) is 5.26 Å². The topological polar surface area (TPSA) is 110 Å². The highest BCUT2D eigenvalue weighted by molar-refractivity contribution is 5.59. The molecule has 0 aliphatic rings. The van der Waals surface area contributed by atoms with E-state index in [4.69, 9.17) is 15.7 Å². The van der Waals surface area contributed by atoms with Crippen LogP contribution >= 0.6 is 0 Å². The van der Waals surface area contributed by atoms with Crippen molar-refractivity contribution in [3.8, 4) is 17.6 Å². The molecule has 0 fully saturated rings. The van der Waals surface area contributed by atoms with Gasteiger partial charge < -0.3 is 15.8 Å². The molecule has 0 aliphatic heterocycles. The summed E-state index contributed by atoms with van der Waals surface area (Å²) in [5.41, 5.74) is 7.52. The molecule has 0 saturated carbocycles. The SMILES string of the molecule is Cc1cc(Nc2cccc(Oc3ccnc(C#N)c3)c2)nc(N)n1. The summed E-state index contributed by atoms with van der Waals surface area (Å²) < 4.78 is 5.76. The van der Waals surface area contributed by atoms with Gasteiger partial charge in [0.15, 0.2) is 0 Å². The molecular formula is C17H14N6O. The second-order valence-electron chi connectivity index (χ2n) is 5.00. The minimum atomic E-state index is 0.214. The first-order chi connectivity index (χ1) is 11.6. The second-order valence-corrected chi connectivity index (χ2v) is 5.00. The number of nitrogens with two attached hydrogens (primary N) is 1. The monoisotopic (exact) mass is 318 g/mol. The molecule has 118 valence electrons. The van der Waals surface area contributed by atoms with E-state index >= 15 is 0 Å². The molecule has 0 unspecified atom stereocenters.